The van der Waals surface area contributed by atoms with E-state index >= 15 is 0 Å². The van der Waals surface area contributed by atoms with Crippen molar-refractivity contribution in [2.24, 2.45) is 10.9 Å². The highest BCUT2D eigenvalue weighted by Gasteiger charge is 2.32. The molecule has 1 N–H and O–H groups in total. The highest BCUT2D eigenvalue weighted by Crippen LogP contribution is 2.34. The molecule has 1 saturated heterocycles. The van der Waals surface area contributed by atoms with E-state index in [9.17, 15) is 4.79 Å². The minimum Gasteiger partial charge on any atom is -0.343 e. The molecule has 0 saturated carbocycles. The zero-order valence-corrected chi connectivity index (χ0v) is 14.2. The second-order valence-electron chi connectivity index (χ2n) is 7.01. The first kappa shape index (κ1) is 15.4. The topological polar surface area (TPSA) is 62.5 Å². The lowest BCUT2D eigenvalue weighted by Gasteiger charge is -2.37. The van der Waals surface area contributed by atoms with E-state index < -0.39 is 0 Å². The van der Waals surface area contributed by atoms with Gasteiger partial charge in [-0.15, -0.1) is 0 Å². The van der Waals surface area contributed by atoms with Gasteiger partial charge in [-0.05, 0) is 45.4 Å². The van der Waals surface area contributed by atoms with Crippen LogP contribution in [-0.2, 0) is 0 Å². The van der Waals surface area contributed by atoms with Crippen LogP contribution in [0.1, 0.15) is 50.4 Å². The number of anilines is 1. The molecule has 3 heterocycles. The number of aryl methyl sites for hydroxylation is 1. The Morgan fingerprint density at radius 3 is 2.79 bits per heavy atom. The minimum absolute atomic E-state index is 0.00834. The van der Waals surface area contributed by atoms with E-state index in [1.807, 2.05) is 6.92 Å². The summed E-state index contributed by atoms with van der Waals surface area (Å²) in [6.07, 6.45) is 11.1. The molecule has 1 aromatic heterocycles. The van der Waals surface area contributed by atoms with Crippen molar-refractivity contribution in [3.05, 3.63) is 34.3 Å². The Morgan fingerprint density at radius 1 is 1.21 bits per heavy atom. The van der Waals surface area contributed by atoms with Crippen molar-refractivity contribution < 1.29 is 0 Å². The average molecular weight is 327 g/mol. The SMILES string of the molecule is Cc1cc(=O)n2c(n1)NC(N1CCCCC1)=NC2C1CC=CCC1. The number of nitrogens with zero attached hydrogens (tertiary/aromatic N) is 4. The summed E-state index contributed by atoms with van der Waals surface area (Å²) in [6, 6.07) is 1.61. The van der Waals surface area contributed by atoms with Crippen molar-refractivity contribution in [1.29, 1.82) is 0 Å². The Balaban J connectivity index is 1.74. The quantitative estimate of drug-likeness (QED) is 0.806. The largest absolute Gasteiger partial charge is 0.343 e. The number of guanidine groups is 1. The lowest BCUT2D eigenvalue weighted by Crippen LogP contribution is -2.46. The molecule has 0 spiro atoms. The number of aliphatic imine (C=N–C) groups is 1. The van der Waals surface area contributed by atoms with Gasteiger partial charge in [0.25, 0.3) is 5.56 Å². The summed E-state index contributed by atoms with van der Waals surface area (Å²) >= 11 is 0. The third-order valence-electron chi connectivity index (χ3n) is 5.21. The van der Waals surface area contributed by atoms with E-state index in [1.165, 1.54) is 19.3 Å². The van der Waals surface area contributed by atoms with E-state index in [2.05, 4.69) is 27.4 Å². The minimum atomic E-state index is -0.149. The molecule has 1 aliphatic carbocycles. The molecule has 1 fully saturated rings. The predicted molar refractivity (Wildman–Crippen MR) is 95.2 cm³/mol. The van der Waals surface area contributed by atoms with E-state index in [4.69, 9.17) is 4.99 Å². The number of nitrogens with one attached hydrogen (secondary N) is 1. The summed E-state index contributed by atoms with van der Waals surface area (Å²) < 4.78 is 1.75. The Bertz CT molecular complexity index is 729. The highest BCUT2D eigenvalue weighted by atomic mass is 16.1. The van der Waals surface area contributed by atoms with E-state index in [-0.39, 0.29) is 11.7 Å². The van der Waals surface area contributed by atoms with Gasteiger partial charge < -0.3 is 4.90 Å². The second-order valence-corrected chi connectivity index (χ2v) is 7.01. The maximum Gasteiger partial charge on any atom is 0.256 e. The van der Waals surface area contributed by atoms with Gasteiger partial charge in [-0.1, -0.05) is 12.2 Å². The molecule has 2 unspecified atom stereocenters. The lowest BCUT2D eigenvalue weighted by molar-refractivity contribution is 0.289. The molecule has 0 amide bonds. The number of piperidine rings is 1. The van der Waals surface area contributed by atoms with Crippen LogP contribution in [-0.4, -0.2) is 33.5 Å². The van der Waals surface area contributed by atoms with Gasteiger partial charge in [0.2, 0.25) is 11.9 Å². The number of fused-ring (bicyclic) bond motifs is 1. The van der Waals surface area contributed by atoms with Crippen LogP contribution in [0.2, 0.25) is 0 Å². The number of hydrogen-bond donors (Lipinski definition) is 1. The molecule has 0 bridgehead atoms. The fraction of sp³-hybridized carbons (Fsp3) is 0.611. The predicted octanol–water partition coefficient (Wildman–Crippen LogP) is 2.67. The number of hydrogen-bond acceptors (Lipinski definition) is 5. The molecule has 0 aromatic carbocycles. The van der Waals surface area contributed by atoms with Crippen molar-refractivity contribution in [1.82, 2.24) is 14.5 Å². The number of allylic oxidation sites excluding steroid dienone is 2. The smallest absolute Gasteiger partial charge is 0.256 e. The summed E-state index contributed by atoms with van der Waals surface area (Å²) in [6.45, 7) is 3.92. The number of likely N-dealkylation sites (tertiary alicyclic amines) is 1. The van der Waals surface area contributed by atoms with Gasteiger partial charge >= 0.3 is 0 Å². The summed E-state index contributed by atoms with van der Waals surface area (Å²) in [7, 11) is 0. The number of aromatic nitrogens is 2. The Morgan fingerprint density at radius 2 is 2.04 bits per heavy atom. The molecule has 2 aliphatic heterocycles. The molecule has 1 aromatic rings. The molecule has 3 aliphatic rings. The van der Waals surface area contributed by atoms with E-state index in [0.717, 1.165) is 44.0 Å². The first-order valence-corrected chi connectivity index (χ1v) is 9.07. The van der Waals surface area contributed by atoms with Crippen LogP contribution in [0.5, 0.6) is 0 Å². The molecule has 128 valence electrons. The lowest BCUT2D eigenvalue weighted by atomic mass is 9.91. The van der Waals surface area contributed by atoms with Crippen molar-refractivity contribution in [2.45, 2.75) is 51.6 Å². The molecule has 6 nitrogen and oxygen atoms in total. The Labute approximate surface area is 142 Å². The van der Waals surface area contributed by atoms with Crippen molar-refractivity contribution >= 4 is 11.9 Å². The van der Waals surface area contributed by atoms with E-state index in [0.29, 0.717) is 11.9 Å². The van der Waals surface area contributed by atoms with Gasteiger partial charge in [-0.3, -0.25) is 14.7 Å². The first-order valence-electron chi connectivity index (χ1n) is 9.07. The molecule has 24 heavy (non-hydrogen) atoms. The van der Waals surface area contributed by atoms with Gasteiger partial charge in [0.15, 0.2) is 0 Å². The zero-order valence-electron chi connectivity index (χ0n) is 14.2. The highest BCUT2D eigenvalue weighted by molar-refractivity contribution is 5.93. The van der Waals surface area contributed by atoms with Crippen LogP contribution >= 0.6 is 0 Å². The average Bonchev–Trinajstić information content (AvgIpc) is 2.62. The fourth-order valence-electron chi connectivity index (χ4n) is 3.94. The summed E-state index contributed by atoms with van der Waals surface area (Å²) in [5.74, 6) is 1.90. The molecular weight excluding hydrogens is 302 g/mol. The second kappa shape index (κ2) is 6.42. The van der Waals surface area contributed by atoms with E-state index in [1.54, 1.807) is 10.6 Å². The van der Waals surface area contributed by atoms with Crippen LogP contribution < -0.4 is 10.9 Å². The van der Waals surface area contributed by atoms with Crippen molar-refractivity contribution in [3.63, 3.8) is 0 Å². The summed E-state index contributed by atoms with van der Waals surface area (Å²) in [4.78, 5) is 24.5. The van der Waals surface area contributed by atoms with Crippen LogP contribution in [0.25, 0.3) is 0 Å². The first-order chi connectivity index (χ1) is 11.7. The standard InChI is InChI=1S/C18H25N5O/c1-13-12-15(24)23-16(14-8-4-2-5-9-14)20-17(21-18(23)19-13)22-10-6-3-7-11-22/h2,4,12,14,16H,3,5-11H2,1H3,(H,19,20,21). The van der Waals surface area contributed by atoms with Gasteiger partial charge in [0.05, 0.1) is 0 Å². The van der Waals surface area contributed by atoms with Crippen LogP contribution in [0.15, 0.2) is 28.0 Å². The monoisotopic (exact) mass is 327 g/mol. The normalized spacial score (nSPS) is 26.5. The van der Waals surface area contributed by atoms with Gasteiger partial charge in [0.1, 0.15) is 6.17 Å². The Hall–Kier alpha value is -2.11. The molecule has 0 radical (unpaired) electrons. The molecular formula is C18H25N5O. The summed E-state index contributed by atoms with van der Waals surface area (Å²) in [5.41, 5.74) is 0.743. The van der Waals surface area contributed by atoms with Crippen LogP contribution in [0.3, 0.4) is 0 Å². The van der Waals surface area contributed by atoms with Crippen molar-refractivity contribution in [3.8, 4) is 0 Å². The fourth-order valence-corrected chi connectivity index (χ4v) is 3.94. The molecule has 6 heteroatoms. The number of rotatable bonds is 1. The maximum atomic E-state index is 12.6. The van der Waals surface area contributed by atoms with Gasteiger partial charge in [-0.2, -0.15) is 0 Å². The third kappa shape index (κ3) is 2.85. The third-order valence-corrected chi connectivity index (χ3v) is 5.21. The molecule has 4 rings (SSSR count). The van der Waals surface area contributed by atoms with Crippen LogP contribution in [0, 0.1) is 12.8 Å². The van der Waals surface area contributed by atoms with Crippen molar-refractivity contribution in [2.75, 3.05) is 18.4 Å². The van der Waals surface area contributed by atoms with Gasteiger partial charge in [0, 0.05) is 30.8 Å². The summed E-state index contributed by atoms with van der Waals surface area (Å²) in [5, 5.41) is 3.33. The molecule has 2 atom stereocenters. The maximum absolute atomic E-state index is 12.6. The van der Waals surface area contributed by atoms with Gasteiger partial charge in [-0.25, -0.2) is 9.98 Å². The van der Waals surface area contributed by atoms with Crippen LogP contribution in [0.4, 0.5) is 5.95 Å². The zero-order chi connectivity index (χ0) is 16.5. The Kier molecular flexibility index (Phi) is 4.12.